The molecule has 0 saturated heterocycles. The molecule has 6 nitrogen and oxygen atoms in total. The van der Waals surface area contributed by atoms with Gasteiger partial charge in [-0.1, -0.05) is 6.07 Å². The van der Waals surface area contributed by atoms with E-state index in [4.69, 9.17) is 0 Å². The Kier molecular flexibility index (Phi) is 5.00. The van der Waals surface area contributed by atoms with Crippen LogP contribution in [-0.2, 0) is 14.9 Å². The van der Waals surface area contributed by atoms with Crippen LogP contribution in [0.4, 0.5) is 10.5 Å². The first kappa shape index (κ1) is 14.0. The van der Waals surface area contributed by atoms with Crippen molar-refractivity contribution >= 4 is 44.6 Å². The summed E-state index contributed by atoms with van der Waals surface area (Å²) in [4.78, 5) is 11.0. The second-order valence-corrected chi connectivity index (χ2v) is 5.60. The number of hydrogen-bond donors (Lipinski definition) is 2. The molecule has 0 fully saturated rings. The van der Waals surface area contributed by atoms with Crippen molar-refractivity contribution in [2.75, 3.05) is 11.3 Å². The Morgan fingerprint density at radius 1 is 1.47 bits per heavy atom. The summed E-state index contributed by atoms with van der Waals surface area (Å²) in [5.74, 6) is 0. The summed E-state index contributed by atoms with van der Waals surface area (Å²) in [5.41, 5.74) is 0.369. The molecule has 2 N–H and O–H groups in total. The maximum atomic E-state index is 11.5. The Bertz CT molecular complexity index is 503. The molecule has 94 valence electrons. The average molecular weight is 370 g/mol. The molecule has 0 aliphatic heterocycles. The summed E-state index contributed by atoms with van der Waals surface area (Å²) >= 11 is 2.05. The highest BCUT2D eigenvalue weighted by Crippen LogP contribution is 2.13. The van der Waals surface area contributed by atoms with E-state index in [0.29, 0.717) is 5.69 Å². The van der Waals surface area contributed by atoms with Crippen molar-refractivity contribution in [3.63, 3.8) is 0 Å². The van der Waals surface area contributed by atoms with Gasteiger partial charge in [-0.05, 0) is 47.7 Å². The lowest BCUT2D eigenvalue weighted by Crippen LogP contribution is -2.35. The normalized spacial score (nSPS) is 10.7. The van der Waals surface area contributed by atoms with Crippen LogP contribution in [0, 0.1) is 3.57 Å². The number of halogens is 1. The summed E-state index contributed by atoms with van der Waals surface area (Å²) < 4.78 is 32.2. The van der Waals surface area contributed by atoms with Crippen LogP contribution in [0.5, 0.6) is 0 Å². The van der Waals surface area contributed by atoms with Crippen molar-refractivity contribution in [2.24, 2.45) is 0 Å². The van der Waals surface area contributed by atoms with E-state index in [1.807, 2.05) is 28.7 Å². The first-order chi connectivity index (χ1) is 7.93. The number of carbonyl (C=O) groups excluding carboxylic acids is 1. The number of benzene rings is 1. The Balaban J connectivity index is 2.70. The molecule has 1 aromatic carbocycles. The highest BCUT2D eigenvalue weighted by atomic mass is 127. The predicted molar refractivity (Wildman–Crippen MR) is 71.9 cm³/mol. The monoisotopic (exact) mass is 370 g/mol. The van der Waals surface area contributed by atoms with Gasteiger partial charge in [-0.15, -0.1) is 0 Å². The van der Waals surface area contributed by atoms with Crippen molar-refractivity contribution < 1.29 is 17.9 Å². The molecule has 0 unspecified atom stereocenters. The fraction of sp³-hybridized carbons (Fsp3) is 0.222. The number of ether oxygens (including phenoxy) is 1. The van der Waals surface area contributed by atoms with E-state index >= 15 is 0 Å². The van der Waals surface area contributed by atoms with Crippen LogP contribution in [0.25, 0.3) is 0 Å². The van der Waals surface area contributed by atoms with E-state index in [0.717, 1.165) is 3.57 Å². The van der Waals surface area contributed by atoms with E-state index in [2.05, 4.69) is 9.46 Å². The lowest BCUT2D eigenvalue weighted by Gasteiger charge is -2.09. The highest BCUT2D eigenvalue weighted by Gasteiger charge is 2.14. The van der Waals surface area contributed by atoms with E-state index in [-0.39, 0.29) is 6.61 Å². The van der Waals surface area contributed by atoms with Gasteiger partial charge >= 0.3 is 16.3 Å². The molecule has 8 heteroatoms. The van der Waals surface area contributed by atoms with Crippen molar-refractivity contribution in [1.29, 1.82) is 0 Å². The largest absolute Gasteiger partial charge is 0.449 e. The molecular weight excluding hydrogens is 359 g/mol. The number of rotatable bonds is 4. The van der Waals surface area contributed by atoms with Gasteiger partial charge in [0, 0.05) is 3.57 Å². The predicted octanol–water partition coefficient (Wildman–Crippen LogP) is 1.69. The molecule has 0 bridgehead atoms. The van der Waals surface area contributed by atoms with Crippen LogP contribution in [-0.4, -0.2) is 21.1 Å². The fourth-order valence-electron chi connectivity index (χ4n) is 1.00. The minimum absolute atomic E-state index is 0.102. The lowest BCUT2D eigenvalue weighted by atomic mass is 10.3. The van der Waals surface area contributed by atoms with Gasteiger partial charge in [0.1, 0.15) is 0 Å². The lowest BCUT2D eigenvalue weighted by molar-refractivity contribution is 0.159. The van der Waals surface area contributed by atoms with E-state index in [1.165, 1.54) is 0 Å². The third kappa shape index (κ3) is 5.22. The molecule has 0 radical (unpaired) electrons. The van der Waals surface area contributed by atoms with Crippen molar-refractivity contribution in [2.45, 2.75) is 6.92 Å². The number of amides is 1. The fourth-order valence-corrected chi connectivity index (χ4v) is 2.31. The molecule has 0 aliphatic rings. The molecular formula is C9H11IN2O4S. The second-order valence-electron chi connectivity index (χ2n) is 2.94. The molecule has 1 amide bonds. The Labute approximate surface area is 113 Å². The molecule has 17 heavy (non-hydrogen) atoms. The Hall–Kier alpha value is -1.03. The molecule has 0 aliphatic carbocycles. The maximum absolute atomic E-state index is 11.5. The van der Waals surface area contributed by atoms with Crippen molar-refractivity contribution in [1.82, 2.24) is 4.72 Å². The topological polar surface area (TPSA) is 84.5 Å². The van der Waals surface area contributed by atoms with Crippen LogP contribution in [0.3, 0.4) is 0 Å². The molecule has 1 aromatic rings. The minimum Gasteiger partial charge on any atom is -0.449 e. The zero-order valence-corrected chi connectivity index (χ0v) is 11.9. The highest BCUT2D eigenvalue weighted by molar-refractivity contribution is 14.1. The van der Waals surface area contributed by atoms with Gasteiger partial charge in [0.05, 0.1) is 12.3 Å². The first-order valence-electron chi connectivity index (χ1n) is 4.66. The Morgan fingerprint density at radius 2 is 2.18 bits per heavy atom. The van der Waals surface area contributed by atoms with Crippen molar-refractivity contribution in [3.8, 4) is 0 Å². The zero-order chi connectivity index (χ0) is 12.9. The van der Waals surface area contributed by atoms with Crippen LogP contribution < -0.4 is 9.44 Å². The van der Waals surface area contributed by atoms with E-state index in [9.17, 15) is 13.2 Å². The maximum Gasteiger partial charge on any atom is 0.422 e. The molecule has 0 saturated carbocycles. The number of hydrogen-bond acceptors (Lipinski definition) is 4. The Morgan fingerprint density at radius 3 is 2.76 bits per heavy atom. The molecule has 0 spiro atoms. The molecule has 0 heterocycles. The summed E-state index contributed by atoms with van der Waals surface area (Å²) in [7, 11) is -3.95. The number of carbonyl (C=O) groups is 1. The zero-order valence-electron chi connectivity index (χ0n) is 8.94. The summed E-state index contributed by atoms with van der Waals surface area (Å²) in [6, 6.07) is 6.72. The van der Waals surface area contributed by atoms with E-state index in [1.54, 1.807) is 29.8 Å². The summed E-state index contributed by atoms with van der Waals surface area (Å²) in [6.45, 7) is 1.68. The quantitative estimate of drug-likeness (QED) is 0.791. The van der Waals surface area contributed by atoms with Gasteiger partial charge in [0.25, 0.3) is 0 Å². The summed E-state index contributed by atoms with van der Waals surface area (Å²) in [6.07, 6.45) is -1.01. The number of anilines is 1. The number of nitrogens with one attached hydrogen (secondary N) is 2. The van der Waals surface area contributed by atoms with Crippen LogP contribution in [0.15, 0.2) is 24.3 Å². The SMILES string of the molecule is CCOC(=O)NS(=O)(=O)Nc1cccc(I)c1. The molecule has 1 rings (SSSR count). The first-order valence-corrected chi connectivity index (χ1v) is 7.22. The average Bonchev–Trinajstić information content (AvgIpc) is 2.15. The third-order valence-electron chi connectivity index (χ3n) is 1.57. The third-order valence-corrected chi connectivity index (χ3v) is 3.18. The standard InChI is InChI=1S/C9H11IN2O4S/c1-2-16-9(13)12-17(14,15)11-8-5-3-4-7(10)6-8/h3-6,11H,2H2,1H3,(H,12,13). The van der Waals surface area contributed by atoms with E-state index < -0.39 is 16.3 Å². The van der Waals surface area contributed by atoms with Crippen molar-refractivity contribution in [3.05, 3.63) is 27.8 Å². The van der Waals surface area contributed by atoms with Gasteiger partial charge in [0.2, 0.25) is 0 Å². The van der Waals surface area contributed by atoms with Crippen LogP contribution in [0.1, 0.15) is 6.92 Å². The molecule has 0 atom stereocenters. The van der Waals surface area contributed by atoms with Gasteiger partial charge in [-0.2, -0.15) is 8.42 Å². The molecule has 0 aromatic heterocycles. The van der Waals surface area contributed by atoms with Gasteiger partial charge in [-0.25, -0.2) is 9.52 Å². The van der Waals surface area contributed by atoms with Crippen LogP contribution >= 0.6 is 22.6 Å². The summed E-state index contributed by atoms with van der Waals surface area (Å²) in [5, 5.41) is 0. The minimum atomic E-state index is -3.95. The van der Waals surface area contributed by atoms with Gasteiger partial charge < -0.3 is 4.74 Å². The van der Waals surface area contributed by atoms with Gasteiger partial charge in [-0.3, -0.25) is 4.72 Å². The second kappa shape index (κ2) is 6.05. The smallest absolute Gasteiger partial charge is 0.422 e. The van der Waals surface area contributed by atoms with Gasteiger partial charge in [0.15, 0.2) is 0 Å². The van der Waals surface area contributed by atoms with Crippen LogP contribution in [0.2, 0.25) is 0 Å².